The van der Waals surface area contributed by atoms with Crippen molar-refractivity contribution in [3.63, 3.8) is 0 Å². The van der Waals surface area contributed by atoms with Gasteiger partial charge in [0.15, 0.2) is 0 Å². The largest absolute Gasteiger partial charge is 0.352 e. The fraction of sp³-hybridized carbons (Fsp3) is 0.571. The monoisotopic (exact) mass is 375 g/mol. The number of nitrogens with one attached hydrogen (secondary N) is 3. The van der Waals surface area contributed by atoms with Gasteiger partial charge >= 0.3 is 0 Å². The van der Waals surface area contributed by atoms with Gasteiger partial charge in [0.1, 0.15) is 0 Å². The van der Waals surface area contributed by atoms with Crippen LogP contribution >= 0.6 is 0 Å². The summed E-state index contributed by atoms with van der Waals surface area (Å²) in [5.74, 6) is -0.666. The average molecular weight is 376 g/mol. The Bertz CT molecular complexity index is 664. The van der Waals surface area contributed by atoms with Crippen molar-refractivity contribution in [2.75, 3.05) is 6.54 Å². The van der Waals surface area contributed by atoms with Gasteiger partial charge in [0.05, 0.1) is 0 Å². The van der Waals surface area contributed by atoms with Gasteiger partial charge in [-0.15, -0.1) is 0 Å². The molecule has 0 bridgehead atoms. The first-order chi connectivity index (χ1) is 12.2. The SMILES string of the molecule is CC(C)CNC(=O)c1cc(C(=O)NC(C)(C)C)cc(C(=O)NC(C)(C)C)c1. The molecule has 0 aromatic heterocycles. The van der Waals surface area contributed by atoms with Crippen LogP contribution in [0.15, 0.2) is 18.2 Å². The fourth-order valence-corrected chi connectivity index (χ4v) is 2.25. The Morgan fingerprint density at radius 3 is 1.37 bits per heavy atom. The third kappa shape index (κ3) is 8.24. The molecule has 0 fully saturated rings. The van der Waals surface area contributed by atoms with E-state index in [0.29, 0.717) is 12.5 Å². The minimum absolute atomic E-state index is 0.279. The lowest BCUT2D eigenvalue weighted by Crippen LogP contribution is -2.42. The first-order valence-electron chi connectivity index (χ1n) is 9.26. The summed E-state index contributed by atoms with van der Waals surface area (Å²) in [5.41, 5.74) is -0.0135. The highest BCUT2D eigenvalue weighted by Gasteiger charge is 2.21. The van der Waals surface area contributed by atoms with Gasteiger partial charge in [0.2, 0.25) is 0 Å². The van der Waals surface area contributed by atoms with E-state index < -0.39 is 11.1 Å². The van der Waals surface area contributed by atoms with Crippen LogP contribution < -0.4 is 16.0 Å². The average Bonchev–Trinajstić information content (AvgIpc) is 2.48. The smallest absolute Gasteiger partial charge is 0.251 e. The molecule has 1 aromatic rings. The fourth-order valence-electron chi connectivity index (χ4n) is 2.25. The van der Waals surface area contributed by atoms with E-state index >= 15 is 0 Å². The zero-order valence-electron chi connectivity index (χ0n) is 17.7. The zero-order chi connectivity index (χ0) is 21.0. The summed E-state index contributed by atoms with van der Waals surface area (Å²) >= 11 is 0. The van der Waals surface area contributed by atoms with E-state index in [-0.39, 0.29) is 34.4 Å². The van der Waals surface area contributed by atoms with Gasteiger partial charge < -0.3 is 16.0 Å². The van der Waals surface area contributed by atoms with Crippen LogP contribution in [0.4, 0.5) is 0 Å². The quantitative estimate of drug-likeness (QED) is 0.739. The molecule has 6 heteroatoms. The lowest BCUT2D eigenvalue weighted by molar-refractivity contribution is 0.0918. The standard InChI is InChI=1S/C21H33N3O3/c1-13(2)12-22-17(25)14-9-15(18(26)23-20(3,4)5)11-16(10-14)19(27)24-21(6,7)8/h9-11,13H,12H2,1-8H3,(H,22,25)(H,23,26)(H,24,27). The maximum atomic E-state index is 12.6. The number of benzene rings is 1. The number of carbonyl (C=O) groups excluding carboxylic acids is 3. The number of amides is 3. The summed E-state index contributed by atoms with van der Waals surface area (Å²) in [5, 5.41) is 8.55. The van der Waals surface area contributed by atoms with Crippen LogP contribution in [0, 0.1) is 5.92 Å². The molecule has 0 saturated heterocycles. The number of hydrogen-bond donors (Lipinski definition) is 3. The highest BCUT2D eigenvalue weighted by Crippen LogP contribution is 2.14. The highest BCUT2D eigenvalue weighted by molar-refractivity contribution is 6.04. The minimum atomic E-state index is -0.430. The molecule has 0 aliphatic rings. The Kier molecular flexibility index (Phi) is 7.18. The Balaban J connectivity index is 3.27. The summed E-state index contributed by atoms with van der Waals surface area (Å²) < 4.78 is 0. The van der Waals surface area contributed by atoms with E-state index in [1.807, 2.05) is 55.4 Å². The van der Waals surface area contributed by atoms with E-state index in [1.54, 1.807) is 0 Å². The zero-order valence-corrected chi connectivity index (χ0v) is 17.7. The third-order valence-corrected chi connectivity index (χ3v) is 3.37. The van der Waals surface area contributed by atoms with Gasteiger partial charge in [-0.1, -0.05) is 13.8 Å². The molecular weight excluding hydrogens is 342 g/mol. The molecule has 0 spiro atoms. The van der Waals surface area contributed by atoms with Gasteiger partial charge in [0.25, 0.3) is 17.7 Å². The molecule has 150 valence electrons. The molecular formula is C21H33N3O3. The van der Waals surface area contributed by atoms with Crippen molar-refractivity contribution in [2.45, 2.75) is 66.5 Å². The van der Waals surface area contributed by atoms with Crippen molar-refractivity contribution >= 4 is 17.7 Å². The molecule has 3 N–H and O–H groups in total. The van der Waals surface area contributed by atoms with Gasteiger partial charge in [-0.2, -0.15) is 0 Å². The predicted molar refractivity (Wildman–Crippen MR) is 108 cm³/mol. The van der Waals surface area contributed by atoms with E-state index in [1.165, 1.54) is 18.2 Å². The predicted octanol–water partition coefficient (Wildman–Crippen LogP) is 3.13. The van der Waals surface area contributed by atoms with Crippen molar-refractivity contribution in [1.29, 1.82) is 0 Å². The highest BCUT2D eigenvalue weighted by atomic mass is 16.2. The molecule has 0 aliphatic heterocycles. The van der Waals surface area contributed by atoms with E-state index in [9.17, 15) is 14.4 Å². The summed E-state index contributed by atoms with van der Waals surface area (Å²) in [4.78, 5) is 37.7. The van der Waals surface area contributed by atoms with Crippen LogP contribution in [0.1, 0.15) is 86.5 Å². The minimum Gasteiger partial charge on any atom is -0.352 e. The van der Waals surface area contributed by atoms with Crippen molar-refractivity contribution in [3.05, 3.63) is 34.9 Å². The van der Waals surface area contributed by atoms with Crippen molar-refractivity contribution < 1.29 is 14.4 Å². The van der Waals surface area contributed by atoms with Crippen molar-refractivity contribution in [3.8, 4) is 0 Å². The normalized spacial score (nSPS) is 11.9. The summed E-state index contributed by atoms with van der Waals surface area (Å²) in [7, 11) is 0. The number of hydrogen-bond acceptors (Lipinski definition) is 3. The van der Waals surface area contributed by atoms with Crippen LogP contribution in [0.25, 0.3) is 0 Å². The van der Waals surface area contributed by atoms with E-state index in [0.717, 1.165) is 0 Å². The summed E-state index contributed by atoms with van der Waals surface area (Å²) in [6.45, 7) is 15.7. The molecule has 0 radical (unpaired) electrons. The molecule has 3 amide bonds. The van der Waals surface area contributed by atoms with Crippen molar-refractivity contribution in [1.82, 2.24) is 16.0 Å². The molecule has 1 aromatic carbocycles. The molecule has 0 unspecified atom stereocenters. The van der Waals surface area contributed by atoms with Gasteiger partial charge in [-0.3, -0.25) is 14.4 Å². The Morgan fingerprint density at radius 1 is 0.741 bits per heavy atom. The molecule has 0 atom stereocenters. The summed E-state index contributed by atoms with van der Waals surface area (Å²) in [6, 6.07) is 4.55. The number of rotatable bonds is 5. The van der Waals surface area contributed by atoms with Crippen LogP contribution in [0.3, 0.4) is 0 Å². The van der Waals surface area contributed by atoms with Crippen LogP contribution in [0.2, 0.25) is 0 Å². The molecule has 0 saturated carbocycles. The number of carbonyl (C=O) groups is 3. The van der Waals surface area contributed by atoms with Crippen LogP contribution in [0.5, 0.6) is 0 Å². The molecule has 0 heterocycles. The topological polar surface area (TPSA) is 87.3 Å². The Hall–Kier alpha value is -2.37. The van der Waals surface area contributed by atoms with E-state index in [2.05, 4.69) is 16.0 Å². The van der Waals surface area contributed by atoms with Gasteiger partial charge in [0, 0.05) is 34.3 Å². The second-order valence-electron chi connectivity index (χ2n) is 9.31. The Labute approximate surface area is 162 Å². The molecule has 1 rings (SSSR count). The van der Waals surface area contributed by atoms with Crippen LogP contribution in [-0.4, -0.2) is 35.3 Å². The first-order valence-corrected chi connectivity index (χ1v) is 9.26. The van der Waals surface area contributed by atoms with Crippen LogP contribution in [-0.2, 0) is 0 Å². The van der Waals surface area contributed by atoms with Gasteiger partial charge in [-0.05, 0) is 65.7 Å². The molecule has 0 aliphatic carbocycles. The summed E-state index contributed by atoms with van der Waals surface area (Å²) in [6.07, 6.45) is 0. The maximum absolute atomic E-state index is 12.6. The van der Waals surface area contributed by atoms with E-state index in [4.69, 9.17) is 0 Å². The Morgan fingerprint density at radius 2 is 1.07 bits per heavy atom. The van der Waals surface area contributed by atoms with Crippen molar-refractivity contribution in [2.24, 2.45) is 5.92 Å². The lowest BCUT2D eigenvalue weighted by atomic mass is 10.0. The first kappa shape index (κ1) is 22.7. The maximum Gasteiger partial charge on any atom is 0.251 e. The molecule has 27 heavy (non-hydrogen) atoms. The second-order valence-corrected chi connectivity index (χ2v) is 9.31. The molecule has 6 nitrogen and oxygen atoms in total. The third-order valence-electron chi connectivity index (χ3n) is 3.37. The second kappa shape index (κ2) is 8.55. The van der Waals surface area contributed by atoms with Gasteiger partial charge in [-0.25, -0.2) is 0 Å². The lowest BCUT2D eigenvalue weighted by Gasteiger charge is -2.22.